The van der Waals surface area contributed by atoms with E-state index in [0.29, 0.717) is 13.0 Å². The van der Waals surface area contributed by atoms with E-state index in [1.807, 2.05) is 48.5 Å². The van der Waals surface area contributed by atoms with Crippen molar-refractivity contribution in [1.82, 2.24) is 10.6 Å². The molecule has 1 unspecified atom stereocenters. The molecule has 0 fully saturated rings. The van der Waals surface area contributed by atoms with Crippen molar-refractivity contribution in [2.75, 3.05) is 26.9 Å². The maximum absolute atomic E-state index is 12.7. The fraction of sp³-hybridized carbons (Fsp3) is 0.400. The number of nitrogens with one attached hydrogen (secondary N) is 2. The first kappa shape index (κ1) is 25.2. The summed E-state index contributed by atoms with van der Waals surface area (Å²) in [6, 6.07) is 13.7. The summed E-state index contributed by atoms with van der Waals surface area (Å²) in [6.07, 6.45) is -0.212. The first-order valence-electron chi connectivity index (χ1n) is 11.2. The number of fused-ring (bicyclic) bond motifs is 3. The molecule has 1 aliphatic rings. The van der Waals surface area contributed by atoms with Crippen molar-refractivity contribution < 1.29 is 34.1 Å². The Kier molecular flexibility index (Phi) is 9.00. The summed E-state index contributed by atoms with van der Waals surface area (Å²) in [5, 5.41) is 23.2. The van der Waals surface area contributed by atoms with Crippen LogP contribution in [0.4, 0.5) is 4.79 Å². The predicted octanol–water partition coefficient (Wildman–Crippen LogP) is 2.27. The van der Waals surface area contributed by atoms with Crippen molar-refractivity contribution in [3.63, 3.8) is 0 Å². The van der Waals surface area contributed by atoms with Gasteiger partial charge in [0.15, 0.2) is 0 Å². The number of benzene rings is 2. The molecule has 0 saturated carbocycles. The second kappa shape index (κ2) is 12.2. The van der Waals surface area contributed by atoms with Crippen molar-refractivity contribution in [3.05, 3.63) is 59.7 Å². The van der Waals surface area contributed by atoms with Gasteiger partial charge >= 0.3 is 12.1 Å². The lowest BCUT2D eigenvalue weighted by Gasteiger charge is -2.21. The van der Waals surface area contributed by atoms with Gasteiger partial charge in [-0.25, -0.2) is 9.59 Å². The first-order valence-corrected chi connectivity index (χ1v) is 11.2. The smallest absolute Gasteiger partial charge is 0.407 e. The molecule has 9 heteroatoms. The van der Waals surface area contributed by atoms with Crippen molar-refractivity contribution in [1.29, 1.82) is 0 Å². The summed E-state index contributed by atoms with van der Waals surface area (Å²) in [7, 11) is 1.52. The minimum atomic E-state index is -1.26. The molecule has 0 spiro atoms. The van der Waals surface area contributed by atoms with Crippen LogP contribution in [-0.2, 0) is 19.1 Å². The number of hydrogen-bond acceptors (Lipinski definition) is 6. The average molecular weight is 471 g/mol. The monoisotopic (exact) mass is 470 g/mol. The Morgan fingerprint density at radius 1 is 0.941 bits per heavy atom. The van der Waals surface area contributed by atoms with Gasteiger partial charge in [0, 0.05) is 32.7 Å². The molecule has 0 bridgehead atoms. The maximum Gasteiger partial charge on any atom is 0.407 e. The fourth-order valence-corrected chi connectivity index (χ4v) is 4.14. The highest BCUT2D eigenvalue weighted by atomic mass is 16.5. The summed E-state index contributed by atoms with van der Waals surface area (Å²) < 4.78 is 10.5. The zero-order valence-electron chi connectivity index (χ0n) is 19.0. The molecule has 9 nitrogen and oxygen atoms in total. The molecule has 0 aromatic heterocycles. The Balaban J connectivity index is 1.65. The predicted molar refractivity (Wildman–Crippen MR) is 124 cm³/mol. The van der Waals surface area contributed by atoms with Crippen LogP contribution < -0.4 is 10.6 Å². The van der Waals surface area contributed by atoms with E-state index in [9.17, 15) is 19.5 Å². The van der Waals surface area contributed by atoms with E-state index in [1.165, 1.54) is 7.11 Å². The Morgan fingerprint density at radius 2 is 1.56 bits per heavy atom. The SMILES string of the molecule is COCCCC(NC(=O)OCC1c2ccccc2-c2ccccc21)C(=O)N[C@H](CCO)C(=O)O. The van der Waals surface area contributed by atoms with Gasteiger partial charge in [-0.3, -0.25) is 4.79 Å². The number of hydrogen-bond donors (Lipinski definition) is 4. The number of carboxylic acids is 1. The van der Waals surface area contributed by atoms with Crippen molar-refractivity contribution >= 4 is 18.0 Å². The molecule has 2 amide bonds. The number of carbonyl (C=O) groups excluding carboxylic acids is 2. The zero-order valence-corrected chi connectivity index (χ0v) is 19.0. The molecule has 2 atom stereocenters. The molecule has 1 aliphatic carbocycles. The lowest BCUT2D eigenvalue weighted by atomic mass is 9.98. The molecule has 0 saturated heterocycles. The van der Waals surface area contributed by atoms with Crippen molar-refractivity contribution in [2.24, 2.45) is 0 Å². The van der Waals surface area contributed by atoms with Gasteiger partial charge in [0.25, 0.3) is 0 Å². The largest absolute Gasteiger partial charge is 0.480 e. The van der Waals surface area contributed by atoms with Gasteiger partial charge < -0.3 is 30.3 Å². The highest BCUT2D eigenvalue weighted by Gasteiger charge is 2.30. The number of amides is 2. The number of methoxy groups -OCH3 is 1. The number of aliphatic carboxylic acids is 1. The van der Waals surface area contributed by atoms with Gasteiger partial charge in [0.05, 0.1) is 0 Å². The minimum Gasteiger partial charge on any atom is -0.480 e. The van der Waals surface area contributed by atoms with Crippen LogP contribution in [0.1, 0.15) is 36.3 Å². The Bertz CT molecular complexity index is 965. The number of carboxylic acid groups (broad SMARTS) is 1. The van der Waals surface area contributed by atoms with Gasteiger partial charge in [-0.2, -0.15) is 0 Å². The van der Waals surface area contributed by atoms with Crippen molar-refractivity contribution in [3.8, 4) is 11.1 Å². The van der Waals surface area contributed by atoms with Crippen LogP contribution in [0.25, 0.3) is 11.1 Å². The highest BCUT2D eigenvalue weighted by molar-refractivity contribution is 5.89. The maximum atomic E-state index is 12.7. The van der Waals surface area contributed by atoms with Gasteiger partial charge in [0.2, 0.25) is 5.91 Å². The van der Waals surface area contributed by atoms with Gasteiger partial charge in [-0.15, -0.1) is 0 Å². The van der Waals surface area contributed by atoms with Crippen LogP contribution in [0.2, 0.25) is 0 Å². The molecule has 0 radical (unpaired) electrons. The first-order chi connectivity index (χ1) is 16.5. The third kappa shape index (κ3) is 6.12. The summed E-state index contributed by atoms with van der Waals surface area (Å²) in [5.41, 5.74) is 4.35. The van der Waals surface area contributed by atoms with Crippen LogP contribution in [-0.4, -0.2) is 67.2 Å². The van der Waals surface area contributed by atoms with Gasteiger partial charge in [0.1, 0.15) is 18.7 Å². The second-order valence-electron chi connectivity index (χ2n) is 8.07. The van der Waals surface area contributed by atoms with Crippen LogP contribution in [0.5, 0.6) is 0 Å². The van der Waals surface area contributed by atoms with E-state index in [-0.39, 0.29) is 25.4 Å². The van der Waals surface area contributed by atoms with Gasteiger partial charge in [-0.1, -0.05) is 48.5 Å². The summed E-state index contributed by atoms with van der Waals surface area (Å²) >= 11 is 0. The molecule has 3 rings (SSSR count). The molecule has 34 heavy (non-hydrogen) atoms. The number of carbonyl (C=O) groups is 3. The van der Waals surface area contributed by atoms with E-state index < -0.39 is 36.7 Å². The van der Waals surface area contributed by atoms with E-state index in [0.717, 1.165) is 22.3 Å². The third-order valence-electron chi connectivity index (χ3n) is 5.83. The normalized spacial score (nSPS) is 13.9. The number of ether oxygens (including phenoxy) is 2. The molecule has 2 aromatic rings. The second-order valence-corrected chi connectivity index (χ2v) is 8.07. The van der Waals surface area contributed by atoms with Crippen LogP contribution in [0.3, 0.4) is 0 Å². The van der Waals surface area contributed by atoms with E-state index in [2.05, 4.69) is 10.6 Å². The molecule has 182 valence electrons. The Labute approximate surface area is 198 Å². The molecule has 0 heterocycles. The Morgan fingerprint density at radius 3 is 2.12 bits per heavy atom. The zero-order chi connectivity index (χ0) is 24.5. The van der Waals surface area contributed by atoms with E-state index >= 15 is 0 Å². The van der Waals surface area contributed by atoms with Crippen LogP contribution >= 0.6 is 0 Å². The fourth-order valence-electron chi connectivity index (χ4n) is 4.14. The number of aliphatic hydroxyl groups is 1. The summed E-state index contributed by atoms with van der Waals surface area (Å²) in [4.78, 5) is 36.6. The summed E-state index contributed by atoms with van der Waals surface area (Å²) in [5.74, 6) is -2.05. The number of rotatable bonds is 12. The number of aliphatic hydroxyl groups excluding tert-OH is 1. The topological polar surface area (TPSA) is 134 Å². The third-order valence-corrected chi connectivity index (χ3v) is 5.83. The number of alkyl carbamates (subject to hydrolysis) is 1. The molecule has 4 N–H and O–H groups in total. The van der Waals surface area contributed by atoms with Crippen LogP contribution in [0, 0.1) is 0 Å². The average Bonchev–Trinajstić information content (AvgIpc) is 3.15. The lowest BCUT2D eigenvalue weighted by Crippen LogP contribution is -2.52. The van der Waals surface area contributed by atoms with Crippen LogP contribution in [0.15, 0.2) is 48.5 Å². The van der Waals surface area contributed by atoms with Gasteiger partial charge in [-0.05, 0) is 35.1 Å². The molecule has 2 aromatic carbocycles. The van der Waals surface area contributed by atoms with E-state index in [4.69, 9.17) is 14.6 Å². The summed E-state index contributed by atoms with van der Waals surface area (Å²) in [6.45, 7) is 0.0646. The quantitative estimate of drug-likeness (QED) is 0.350. The highest BCUT2D eigenvalue weighted by Crippen LogP contribution is 2.44. The minimum absolute atomic E-state index is 0.0918. The van der Waals surface area contributed by atoms with Crippen molar-refractivity contribution in [2.45, 2.75) is 37.3 Å². The lowest BCUT2D eigenvalue weighted by molar-refractivity contribution is -0.142. The molecular weight excluding hydrogens is 440 g/mol. The van der Waals surface area contributed by atoms with E-state index in [1.54, 1.807) is 0 Å². The standard InChI is InChI=1S/C25H30N2O7/c1-33-14-6-11-21(23(29)26-22(12-13-28)24(30)31)27-25(32)34-15-20-18-9-4-2-7-16(18)17-8-3-5-10-19(17)20/h2-5,7-10,20-22,28H,6,11-15H2,1H3,(H,26,29)(H,27,32)(H,30,31)/t21?,22-/m1/s1. The molecular formula is C25H30N2O7. The molecule has 0 aliphatic heterocycles. The Hall–Kier alpha value is -3.43.